The average Bonchev–Trinajstić information content (AvgIpc) is 3.06. The van der Waals surface area contributed by atoms with Crippen molar-refractivity contribution in [2.24, 2.45) is 0 Å². The fraction of sp³-hybridized carbons (Fsp3) is 0.286. The second-order valence-electron chi connectivity index (χ2n) is 7.40. The van der Waals surface area contributed by atoms with Gasteiger partial charge in [-0.1, -0.05) is 0 Å². The third-order valence-corrected chi connectivity index (χ3v) is 5.19. The van der Waals surface area contributed by atoms with Crippen LogP contribution in [-0.2, 0) is 0 Å². The van der Waals surface area contributed by atoms with Gasteiger partial charge in [-0.15, -0.1) is 0 Å². The summed E-state index contributed by atoms with van der Waals surface area (Å²) in [5, 5.41) is 4.33. The number of piperazine rings is 1. The van der Waals surface area contributed by atoms with Gasteiger partial charge in [-0.05, 0) is 32.0 Å². The Morgan fingerprint density at radius 2 is 2.14 bits per heavy atom. The summed E-state index contributed by atoms with van der Waals surface area (Å²) in [6.07, 6.45) is 5.41. The average molecular weight is 375 g/mol. The summed E-state index contributed by atoms with van der Waals surface area (Å²) in [6.45, 7) is 6.91. The predicted molar refractivity (Wildman–Crippen MR) is 109 cm³/mol. The molecule has 0 saturated carbocycles. The second-order valence-corrected chi connectivity index (χ2v) is 7.40. The molecule has 3 aromatic heterocycles. The minimum Gasteiger partial charge on any atom is -0.422 e. The molecule has 0 spiro atoms. The Labute approximate surface area is 161 Å². The highest BCUT2D eigenvalue weighted by Crippen LogP contribution is 2.25. The van der Waals surface area contributed by atoms with E-state index >= 15 is 0 Å². The van der Waals surface area contributed by atoms with Gasteiger partial charge in [0.25, 0.3) is 0 Å². The van der Waals surface area contributed by atoms with Gasteiger partial charge in [0.05, 0.1) is 11.3 Å². The molecular formula is C21H21N5O2. The molecule has 7 heteroatoms. The molecule has 0 bridgehead atoms. The highest BCUT2D eigenvalue weighted by atomic mass is 16.4. The maximum atomic E-state index is 12.7. The van der Waals surface area contributed by atoms with Gasteiger partial charge >= 0.3 is 5.63 Å². The molecule has 7 nitrogen and oxygen atoms in total. The van der Waals surface area contributed by atoms with Crippen LogP contribution in [0.25, 0.3) is 27.9 Å². The van der Waals surface area contributed by atoms with Gasteiger partial charge in [0.2, 0.25) is 5.78 Å². The van der Waals surface area contributed by atoms with Crippen molar-refractivity contribution in [1.29, 1.82) is 0 Å². The summed E-state index contributed by atoms with van der Waals surface area (Å²) in [6, 6.07) is 8.37. The lowest BCUT2D eigenvalue weighted by Crippen LogP contribution is -2.49. The largest absolute Gasteiger partial charge is 0.422 e. The van der Waals surface area contributed by atoms with E-state index < -0.39 is 0 Å². The number of hydrogen-bond acceptors (Lipinski definition) is 6. The molecule has 1 saturated heterocycles. The maximum absolute atomic E-state index is 12.7. The number of anilines is 1. The van der Waals surface area contributed by atoms with Crippen LogP contribution < -0.4 is 15.8 Å². The molecule has 5 rings (SSSR count). The molecule has 1 aromatic carbocycles. The van der Waals surface area contributed by atoms with Crippen LogP contribution in [0, 0.1) is 6.92 Å². The molecule has 1 aliphatic heterocycles. The van der Waals surface area contributed by atoms with Crippen LogP contribution in [0.5, 0.6) is 0 Å². The molecule has 0 radical (unpaired) electrons. The molecule has 1 unspecified atom stereocenters. The summed E-state index contributed by atoms with van der Waals surface area (Å²) in [5.41, 5.74) is 3.40. The first kappa shape index (κ1) is 16.9. The van der Waals surface area contributed by atoms with Crippen molar-refractivity contribution < 1.29 is 4.42 Å². The molecule has 4 heterocycles. The Morgan fingerprint density at radius 1 is 1.25 bits per heavy atom. The third kappa shape index (κ3) is 2.93. The number of imidazole rings is 1. The molecule has 1 atom stereocenters. The predicted octanol–water partition coefficient (Wildman–Crippen LogP) is 2.61. The molecule has 4 aromatic rings. The van der Waals surface area contributed by atoms with E-state index in [2.05, 4.69) is 33.2 Å². The van der Waals surface area contributed by atoms with Crippen LogP contribution in [0.1, 0.15) is 12.6 Å². The summed E-state index contributed by atoms with van der Waals surface area (Å²) in [7, 11) is 0. The van der Waals surface area contributed by atoms with E-state index in [1.807, 2.05) is 41.9 Å². The highest BCUT2D eigenvalue weighted by Gasteiger charge is 2.17. The van der Waals surface area contributed by atoms with Crippen LogP contribution in [-0.4, -0.2) is 40.0 Å². The first-order chi connectivity index (χ1) is 13.6. The molecule has 0 aliphatic carbocycles. The van der Waals surface area contributed by atoms with Crippen molar-refractivity contribution >= 4 is 22.4 Å². The Morgan fingerprint density at radius 3 is 3.00 bits per heavy atom. The molecule has 28 heavy (non-hydrogen) atoms. The Balaban J connectivity index is 1.56. The molecule has 142 valence electrons. The highest BCUT2D eigenvalue weighted by molar-refractivity contribution is 5.84. The quantitative estimate of drug-likeness (QED) is 0.543. The van der Waals surface area contributed by atoms with Crippen LogP contribution in [0.4, 0.5) is 5.69 Å². The molecule has 0 amide bonds. The van der Waals surface area contributed by atoms with E-state index in [1.54, 1.807) is 6.20 Å². The smallest absolute Gasteiger partial charge is 0.344 e. The molecular weight excluding hydrogens is 354 g/mol. The second kappa shape index (κ2) is 6.45. The molecule has 1 aliphatic rings. The number of rotatable bonds is 2. The zero-order valence-corrected chi connectivity index (χ0v) is 15.8. The minimum atomic E-state index is -0.365. The minimum absolute atomic E-state index is 0.365. The van der Waals surface area contributed by atoms with Crippen LogP contribution in [0.2, 0.25) is 0 Å². The number of aromatic nitrogens is 3. The summed E-state index contributed by atoms with van der Waals surface area (Å²) in [4.78, 5) is 23.6. The van der Waals surface area contributed by atoms with Gasteiger partial charge in [-0.25, -0.2) is 14.8 Å². The monoisotopic (exact) mass is 375 g/mol. The van der Waals surface area contributed by atoms with Gasteiger partial charge in [-0.2, -0.15) is 0 Å². The van der Waals surface area contributed by atoms with Crippen LogP contribution >= 0.6 is 0 Å². The normalized spacial score (nSPS) is 17.5. The summed E-state index contributed by atoms with van der Waals surface area (Å²) >= 11 is 0. The molecule has 1 fully saturated rings. The van der Waals surface area contributed by atoms with Crippen molar-refractivity contribution in [3.63, 3.8) is 0 Å². The first-order valence-electron chi connectivity index (χ1n) is 9.45. The van der Waals surface area contributed by atoms with E-state index in [4.69, 9.17) is 4.42 Å². The summed E-state index contributed by atoms with van der Waals surface area (Å²) < 4.78 is 7.49. The topological polar surface area (TPSA) is 75.7 Å². The lowest BCUT2D eigenvalue weighted by molar-refractivity contribution is 0.484. The van der Waals surface area contributed by atoms with Gasteiger partial charge in [-0.3, -0.25) is 4.40 Å². The maximum Gasteiger partial charge on any atom is 0.344 e. The lowest BCUT2D eigenvalue weighted by Gasteiger charge is -2.33. The number of aryl methyl sites for hydroxylation is 1. The Bertz CT molecular complexity index is 1240. The fourth-order valence-corrected chi connectivity index (χ4v) is 3.81. The van der Waals surface area contributed by atoms with Crippen LogP contribution in [0.15, 0.2) is 52.1 Å². The third-order valence-electron chi connectivity index (χ3n) is 5.19. The van der Waals surface area contributed by atoms with Crippen molar-refractivity contribution in [3.8, 4) is 11.1 Å². The number of nitrogens with zero attached hydrogens (tertiary/aromatic N) is 4. The van der Waals surface area contributed by atoms with E-state index in [0.717, 1.165) is 36.4 Å². The van der Waals surface area contributed by atoms with Gasteiger partial charge in [0.15, 0.2) is 0 Å². The number of fused-ring (bicyclic) bond motifs is 2. The van der Waals surface area contributed by atoms with Gasteiger partial charge in [0.1, 0.15) is 5.58 Å². The van der Waals surface area contributed by atoms with Crippen molar-refractivity contribution in [1.82, 2.24) is 19.7 Å². The number of benzene rings is 1. The van der Waals surface area contributed by atoms with E-state index in [-0.39, 0.29) is 5.63 Å². The lowest BCUT2D eigenvalue weighted by atomic mass is 10.1. The Kier molecular flexibility index (Phi) is 3.91. The number of nitrogens with one attached hydrogen (secondary N) is 1. The summed E-state index contributed by atoms with van der Waals surface area (Å²) in [5.74, 6) is 0.612. The zero-order chi connectivity index (χ0) is 19.3. The van der Waals surface area contributed by atoms with Gasteiger partial charge < -0.3 is 14.6 Å². The standard InChI is InChI=1S/C21H21N5O2/c1-13-10-25(6-5-22-13)17-4-3-15-7-18(20(27)28-19(15)8-17)16-9-23-21-24-14(2)11-26(21)12-16/h3-4,7-9,11-13,22H,5-6,10H2,1-2H3. The SMILES string of the molecule is Cc1cn2cc(-c3cc4ccc(N5CCNC(C)C5)cc4oc3=O)cnc2n1. The van der Waals surface area contributed by atoms with Crippen molar-refractivity contribution in [2.45, 2.75) is 19.9 Å². The number of hydrogen-bond donors (Lipinski definition) is 1. The Hall–Kier alpha value is -3.19. The molecule has 1 N–H and O–H groups in total. The van der Waals surface area contributed by atoms with Crippen LogP contribution in [0.3, 0.4) is 0 Å². The zero-order valence-electron chi connectivity index (χ0n) is 15.8. The van der Waals surface area contributed by atoms with Crippen molar-refractivity contribution in [3.05, 3.63) is 59.0 Å². The fourth-order valence-electron chi connectivity index (χ4n) is 3.81. The van der Waals surface area contributed by atoms with Crippen molar-refractivity contribution in [2.75, 3.05) is 24.5 Å². The van der Waals surface area contributed by atoms with E-state index in [9.17, 15) is 4.79 Å². The van der Waals surface area contributed by atoms with E-state index in [1.165, 1.54) is 0 Å². The van der Waals surface area contributed by atoms with E-state index in [0.29, 0.717) is 28.5 Å². The van der Waals surface area contributed by atoms with Gasteiger partial charge in [0, 0.05) is 67.0 Å². The first-order valence-corrected chi connectivity index (χ1v) is 9.45.